The first-order valence-electron chi connectivity index (χ1n) is 34.2. The van der Waals surface area contributed by atoms with E-state index in [4.69, 9.17) is 60.6 Å². The third-order valence-corrected chi connectivity index (χ3v) is 38.8. The molecular formula is C69H110O17Si3. The maximum absolute atomic E-state index is 14.9. The SMILES string of the molecule is CC[Si](CC)(CC)O[C@@H]1[C@@H](OC(=O)c2ccc(OC)cc2)[C@H](O[C@@H]2[C@@H](OC(C)=O)[C@H](O[C@H]3C[C@H]4[C@@H]5C[C@@H](OC)[C@@]67C[C@@H]6CC[C@]7(C)[C@H]5CC[C@]4(C)[C@@]3(O)[C@H](C)COC(=O)c3ccc(OC)cc3)OC[C@@H]2O[Si](CC)(CC)CC)OC[C@H]1O[Si](CC)(CC)CC. The lowest BCUT2D eigenvalue weighted by molar-refractivity contribution is -0.343. The second-order valence-corrected chi connectivity index (χ2v) is 42.1. The highest BCUT2D eigenvalue weighted by molar-refractivity contribution is 6.74. The minimum absolute atomic E-state index is 0.0195. The number of carbonyl (C=O) groups excluding carboxylic acids is 3. The highest BCUT2D eigenvalue weighted by Gasteiger charge is 2.79. The van der Waals surface area contributed by atoms with Gasteiger partial charge in [-0.05, 0) is 177 Å². The summed E-state index contributed by atoms with van der Waals surface area (Å²) in [5, 5.41) is 14.3. The molecule has 500 valence electrons. The molecule has 0 radical (unpaired) electrons. The Bertz CT molecular complexity index is 2670. The van der Waals surface area contributed by atoms with Crippen LogP contribution in [0.5, 0.6) is 11.5 Å². The van der Waals surface area contributed by atoms with E-state index in [9.17, 15) is 19.5 Å². The molecular weight excluding hydrogens is 1180 g/mol. The number of aliphatic hydroxyl groups is 1. The van der Waals surface area contributed by atoms with Crippen LogP contribution in [0, 0.1) is 45.8 Å². The molecule has 0 bridgehead atoms. The molecule has 5 saturated carbocycles. The molecule has 9 rings (SSSR count). The van der Waals surface area contributed by atoms with Crippen molar-refractivity contribution < 1.29 is 80.1 Å². The number of ether oxygens (including phenoxy) is 10. The summed E-state index contributed by atoms with van der Waals surface area (Å²) in [5.74, 6) is 0.127. The van der Waals surface area contributed by atoms with Crippen molar-refractivity contribution in [2.45, 2.75) is 256 Å². The van der Waals surface area contributed by atoms with E-state index in [2.05, 4.69) is 76.2 Å². The van der Waals surface area contributed by atoms with Crippen molar-refractivity contribution in [2.75, 3.05) is 41.2 Å². The Labute approximate surface area is 535 Å². The third-order valence-electron chi connectivity index (χ3n) is 24.8. The Hall–Kier alpha value is -3.26. The summed E-state index contributed by atoms with van der Waals surface area (Å²) in [6.45, 7) is 27.6. The van der Waals surface area contributed by atoms with Gasteiger partial charge in [0.25, 0.3) is 0 Å². The monoisotopic (exact) mass is 1290 g/mol. The van der Waals surface area contributed by atoms with Crippen LogP contribution in [-0.4, -0.2) is 156 Å². The minimum atomic E-state index is -2.53. The number of rotatable bonds is 29. The van der Waals surface area contributed by atoms with Gasteiger partial charge in [0.1, 0.15) is 29.3 Å². The number of hydrogen-bond acceptors (Lipinski definition) is 17. The fourth-order valence-electron chi connectivity index (χ4n) is 18.6. The van der Waals surface area contributed by atoms with Crippen LogP contribution in [0.1, 0.15) is 156 Å². The van der Waals surface area contributed by atoms with Crippen molar-refractivity contribution in [3.8, 4) is 11.5 Å². The van der Waals surface area contributed by atoms with Gasteiger partial charge in [0.2, 0.25) is 0 Å². The van der Waals surface area contributed by atoms with Gasteiger partial charge in [-0.1, -0.05) is 83.1 Å². The fourth-order valence-corrected chi connectivity index (χ4v) is 27.2. The van der Waals surface area contributed by atoms with Crippen LogP contribution in [0.25, 0.3) is 0 Å². The molecule has 89 heavy (non-hydrogen) atoms. The summed E-state index contributed by atoms with van der Waals surface area (Å²) in [7, 11) is -2.37. The minimum Gasteiger partial charge on any atom is -0.497 e. The van der Waals surface area contributed by atoms with Gasteiger partial charge in [0, 0.05) is 30.8 Å². The first-order valence-corrected chi connectivity index (χ1v) is 41.8. The van der Waals surface area contributed by atoms with E-state index < -0.39 is 115 Å². The van der Waals surface area contributed by atoms with Gasteiger partial charge in [-0.25, -0.2) is 9.59 Å². The van der Waals surface area contributed by atoms with E-state index in [1.807, 2.05) is 14.0 Å². The molecule has 7 fully saturated rings. The molecule has 20 heteroatoms. The Morgan fingerprint density at radius 3 is 1.56 bits per heavy atom. The van der Waals surface area contributed by atoms with E-state index in [0.717, 1.165) is 80.1 Å². The quantitative estimate of drug-likeness (QED) is 0.0459. The molecule has 0 unspecified atom stereocenters. The Morgan fingerprint density at radius 1 is 0.584 bits per heavy atom. The van der Waals surface area contributed by atoms with Crippen LogP contribution in [-0.2, 0) is 56.0 Å². The summed E-state index contributed by atoms with van der Waals surface area (Å²) in [6.07, 6.45) is -2.59. The van der Waals surface area contributed by atoms with E-state index in [1.165, 1.54) is 19.8 Å². The first-order chi connectivity index (χ1) is 42.5. The molecule has 2 aromatic carbocycles. The van der Waals surface area contributed by atoms with Crippen molar-refractivity contribution in [3.05, 3.63) is 59.7 Å². The van der Waals surface area contributed by atoms with Crippen LogP contribution >= 0.6 is 0 Å². The van der Waals surface area contributed by atoms with Crippen molar-refractivity contribution in [1.82, 2.24) is 0 Å². The van der Waals surface area contributed by atoms with Gasteiger partial charge in [-0.2, -0.15) is 0 Å². The van der Waals surface area contributed by atoms with Gasteiger partial charge in [0.05, 0.1) is 69.6 Å². The predicted molar refractivity (Wildman–Crippen MR) is 346 cm³/mol. The summed E-state index contributed by atoms with van der Waals surface area (Å²) in [4.78, 5) is 42.7. The van der Waals surface area contributed by atoms with E-state index in [1.54, 1.807) is 62.8 Å². The summed E-state index contributed by atoms with van der Waals surface area (Å²) in [5.41, 5.74) is -1.39. The summed E-state index contributed by atoms with van der Waals surface area (Å²) < 4.78 is 88.3. The highest BCUT2D eigenvalue weighted by Crippen LogP contribution is 2.82. The maximum atomic E-state index is 14.9. The largest absolute Gasteiger partial charge is 0.497 e. The summed E-state index contributed by atoms with van der Waals surface area (Å²) >= 11 is 0. The van der Waals surface area contributed by atoms with Crippen LogP contribution < -0.4 is 9.47 Å². The molecule has 2 saturated heterocycles. The average molecular weight is 1300 g/mol. The van der Waals surface area contributed by atoms with Crippen LogP contribution in [0.15, 0.2) is 48.5 Å². The number of benzene rings is 2. The lowest BCUT2D eigenvalue weighted by Gasteiger charge is -2.61. The zero-order chi connectivity index (χ0) is 64.5. The van der Waals surface area contributed by atoms with E-state index in [0.29, 0.717) is 40.9 Å². The number of carbonyl (C=O) groups is 3. The lowest BCUT2D eigenvalue weighted by atomic mass is 9.44. The molecule has 5 aliphatic carbocycles. The normalized spacial score (nSPS) is 36.2. The summed E-state index contributed by atoms with van der Waals surface area (Å²) in [6, 6.07) is 21.1. The van der Waals surface area contributed by atoms with Gasteiger partial charge in [-0.3, -0.25) is 4.79 Å². The molecule has 2 aliphatic heterocycles. The predicted octanol–water partition coefficient (Wildman–Crippen LogP) is 13.3. The number of methoxy groups -OCH3 is 3. The highest BCUT2D eigenvalue weighted by atomic mass is 28.4. The van der Waals surface area contributed by atoms with Gasteiger partial charge >= 0.3 is 17.9 Å². The van der Waals surface area contributed by atoms with Gasteiger partial charge < -0.3 is 65.8 Å². The fraction of sp³-hybridized carbons (Fsp3) is 0.783. The van der Waals surface area contributed by atoms with Crippen LogP contribution in [0.2, 0.25) is 54.4 Å². The molecule has 0 amide bonds. The molecule has 17 nitrogen and oxygen atoms in total. The number of esters is 3. The average Bonchev–Trinajstić information content (AvgIpc) is 1.49. The molecule has 2 aromatic rings. The van der Waals surface area contributed by atoms with Crippen molar-refractivity contribution >= 4 is 42.9 Å². The van der Waals surface area contributed by atoms with E-state index in [-0.39, 0.29) is 48.6 Å². The van der Waals surface area contributed by atoms with Gasteiger partial charge in [0.15, 0.2) is 49.7 Å². The molecule has 1 N–H and O–H groups in total. The zero-order valence-electron chi connectivity index (χ0n) is 56.7. The standard InChI is InChI=1S/C69H110O17Si3/c1-17-87(18-2,19-3)84-54-42-78-64(60(80-45(11)70)58(54)83-65-61(82-63(72)47-28-32-50(75-15)33-29-47)59(86-89(23-7,24-8)25-9)55(43-79-65)85-88(20-4,21-5)22-6)81-57-39-53-51-38-56(76-16)68-40-48(68)34-36-66(68,12)52(51)35-37-67(53,13)69(57,73)44(10)41-77-62(71)46-26-30-49(74-14)31-27-46/h26-33,44,48,51-61,64-65,73H,17-25,34-43H2,1-16H3/t44-,48+,51-,52+,53+,54+,55-,56-,57+,58+,59+,60-,61-,64+,65+,66-,67+,68-,69-/m1/s1. The molecule has 1 spiro atoms. The smallest absolute Gasteiger partial charge is 0.338 e. The number of hydrogen-bond donors (Lipinski definition) is 1. The molecule has 0 aromatic heterocycles. The molecule has 7 aliphatic rings. The second kappa shape index (κ2) is 28.4. The van der Waals surface area contributed by atoms with E-state index >= 15 is 0 Å². The Kier molecular flexibility index (Phi) is 22.3. The topological polar surface area (TPSA) is 191 Å². The Morgan fingerprint density at radius 2 is 1.07 bits per heavy atom. The van der Waals surface area contributed by atoms with Crippen molar-refractivity contribution in [3.63, 3.8) is 0 Å². The molecule has 19 atom stereocenters. The van der Waals surface area contributed by atoms with Crippen LogP contribution in [0.3, 0.4) is 0 Å². The van der Waals surface area contributed by atoms with Crippen LogP contribution in [0.4, 0.5) is 0 Å². The Balaban J connectivity index is 1.13. The third kappa shape index (κ3) is 12.8. The zero-order valence-corrected chi connectivity index (χ0v) is 59.7. The second-order valence-electron chi connectivity index (χ2n) is 27.9. The van der Waals surface area contributed by atoms with Crippen molar-refractivity contribution in [2.24, 2.45) is 45.8 Å². The molecule has 2 heterocycles. The van der Waals surface area contributed by atoms with Crippen molar-refractivity contribution in [1.29, 1.82) is 0 Å². The first kappa shape index (κ1) is 70.1. The lowest BCUT2D eigenvalue weighted by Crippen LogP contribution is -2.66. The number of fused-ring (bicyclic) bond motifs is 4. The maximum Gasteiger partial charge on any atom is 0.338 e. The van der Waals surface area contributed by atoms with Gasteiger partial charge in [-0.15, -0.1) is 0 Å².